The number of nitrogens with zero attached hydrogens (tertiary/aromatic N) is 1. The topological polar surface area (TPSA) is 56.3 Å². The molecule has 2 rings (SSSR count). The first kappa shape index (κ1) is 13.7. The minimum absolute atomic E-state index is 0.119. The fourth-order valence-electron chi connectivity index (χ4n) is 1.61. The summed E-state index contributed by atoms with van der Waals surface area (Å²) in [7, 11) is 0. The largest absolute Gasteiger partial charge is 0.433 e. The van der Waals surface area contributed by atoms with Gasteiger partial charge in [0.05, 0.1) is 10.9 Å². The van der Waals surface area contributed by atoms with Crippen molar-refractivity contribution in [2.45, 2.75) is 11.2 Å². The molecule has 4 nitrogen and oxygen atoms in total. The van der Waals surface area contributed by atoms with E-state index in [1.807, 2.05) is 0 Å². The molecule has 1 aromatic heterocycles. The first-order valence-electron chi connectivity index (χ1n) is 5.30. The van der Waals surface area contributed by atoms with Crippen LogP contribution in [0.15, 0.2) is 34.7 Å². The summed E-state index contributed by atoms with van der Waals surface area (Å²) in [5.41, 5.74) is 0.168. The second-order valence-corrected chi connectivity index (χ2v) is 4.92. The Kier molecular flexibility index (Phi) is 3.94. The maximum Gasteiger partial charge on any atom is 0.433 e. The van der Waals surface area contributed by atoms with Crippen molar-refractivity contribution in [2.24, 2.45) is 0 Å². The summed E-state index contributed by atoms with van der Waals surface area (Å²) < 4.78 is 31.5. The van der Waals surface area contributed by atoms with Crippen LogP contribution in [-0.4, -0.2) is 4.92 Å². The Hall–Kier alpha value is -1.76. The number of nitro groups is 1. The number of rotatable bonds is 4. The SMILES string of the molecule is O=[N+]([O-])c1ccc(C(Br)Cc2cccc(F)c2F)o1. The van der Waals surface area contributed by atoms with Gasteiger partial charge in [-0.05, 0) is 24.1 Å². The van der Waals surface area contributed by atoms with E-state index in [0.29, 0.717) is 0 Å². The van der Waals surface area contributed by atoms with Crippen molar-refractivity contribution in [2.75, 3.05) is 0 Å². The number of hydrogen-bond acceptors (Lipinski definition) is 3. The van der Waals surface area contributed by atoms with E-state index in [1.54, 1.807) is 0 Å². The fraction of sp³-hybridized carbons (Fsp3) is 0.167. The number of benzene rings is 1. The molecule has 1 aromatic carbocycles. The number of hydrogen-bond donors (Lipinski definition) is 0. The molecule has 0 bridgehead atoms. The predicted octanol–water partition coefficient (Wildman–Crippen LogP) is 4.14. The van der Waals surface area contributed by atoms with Crippen LogP contribution in [-0.2, 0) is 6.42 Å². The van der Waals surface area contributed by atoms with Gasteiger partial charge in [-0.2, -0.15) is 0 Å². The van der Waals surface area contributed by atoms with Gasteiger partial charge in [0.2, 0.25) is 0 Å². The minimum Gasteiger partial charge on any atom is -0.405 e. The van der Waals surface area contributed by atoms with E-state index in [0.717, 1.165) is 6.07 Å². The maximum atomic E-state index is 13.5. The van der Waals surface area contributed by atoms with Crippen LogP contribution in [0.3, 0.4) is 0 Å². The summed E-state index contributed by atoms with van der Waals surface area (Å²) in [5.74, 6) is -1.95. The number of halogens is 3. The average molecular weight is 332 g/mol. The van der Waals surface area contributed by atoms with Crippen LogP contribution in [0.5, 0.6) is 0 Å². The zero-order chi connectivity index (χ0) is 14.0. The highest BCUT2D eigenvalue weighted by atomic mass is 79.9. The van der Waals surface area contributed by atoms with Gasteiger partial charge in [-0.25, -0.2) is 8.78 Å². The zero-order valence-corrected chi connectivity index (χ0v) is 11.1. The molecular formula is C12H8BrF2NO3. The van der Waals surface area contributed by atoms with E-state index in [1.165, 1.54) is 24.3 Å². The molecule has 0 aliphatic heterocycles. The van der Waals surface area contributed by atoms with Gasteiger partial charge in [-0.15, -0.1) is 0 Å². The van der Waals surface area contributed by atoms with E-state index in [9.17, 15) is 18.9 Å². The Morgan fingerprint density at radius 2 is 2.05 bits per heavy atom. The molecule has 1 heterocycles. The first-order chi connectivity index (χ1) is 8.99. The van der Waals surface area contributed by atoms with Gasteiger partial charge < -0.3 is 4.42 Å². The monoisotopic (exact) mass is 331 g/mol. The lowest BCUT2D eigenvalue weighted by Gasteiger charge is -2.07. The number of alkyl halides is 1. The van der Waals surface area contributed by atoms with Crippen LogP contribution in [0.25, 0.3) is 0 Å². The van der Waals surface area contributed by atoms with E-state index in [-0.39, 0.29) is 23.6 Å². The molecule has 1 atom stereocenters. The Bertz CT molecular complexity index is 615. The molecule has 0 aliphatic carbocycles. The molecule has 1 unspecified atom stereocenters. The number of furan rings is 1. The van der Waals surface area contributed by atoms with E-state index in [2.05, 4.69) is 15.9 Å². The van der Waals surface area contributed by atoms with Crippen molar-refractivity contribution >= 4 is 21.8 Å². The molecule has 0 saturated carbocycles. The summed E-state index contributed by atoms with van der Waals surface area (Å²) >= 11 is 3.24. The lowest BCUT2D eigenvalue weighted by atomic mass is 10.1. The molecule has 0 spiro atoms. The van der Waals surface area contributed by atoms with Gasteiger partial charge >= 0.3 is 5.88 Å². The van der Waals surface area contributed by atoms with E-state index in [4.69, 9.17) is 4.42 Å². The highest BCUT2D eigenvalue weighted by Gasteiger charge is 2.20. The summed E-state index contributed by atoms with van der Waals surface area (Å²) in [6.07, 6.45) is 0.119. The van der Waals surface area contributed by atoms with Crippen LogP contribution >= 0.6 is 15.9 Å². The van der Waals surface area contributed by atoms with E-state index < -0.39 is 21.4 Å². The van der Waals surface area contributed by atoms with Crippen molar-refractivity contribution in [3.8, 4) is 0 Å². The maximum absolute atomic E-state index is 13.5. The molecule has 2 aromatic rings. The fourth-order valence-corrected chi connectivity index (χ4v) is 2.20. The van der Waals surface area contributed by atoms with Gasteiger partial charge in [0, 0.05) is 0 Å². The van der Waals surface area contributed by atoms with Gasteiger partial charge in [0.1, 0.15) is 10.7 Å². The van der Waals surface area contributed by atoms with Gasteiger partial charge in [0.15, 0.2) is 11.6 Å². The van der Waals surface area contributed by atoms with Crippen LogP contribution < -0.4 is 0 Å². The molecule has 0 saturated heterocycles. The van der Waals surface area contributed by atoms with Crippen LogP contribution in [0.2, 0.25) is 0 Å². The highest BCUT2D eigenvalue weighted by molar-refractivity contribution is 9.09. The summed E-state index contributed by atoms with van der Waals surface area (Å²) in [6, 6.07) is 6.52. The normalized spacial score (nSPS) is 12.4. The molecule has 0 radical (unpaired) electrons. The Morgan fingerprint density at radius 3 is 2.68 bits per heavy atom. The Balaban J connectivity index is 2.18. The Morgan fingerprint density at radius 1 is 1.32 bits per heavy atom. The van der Waals surface area contributed by atoms with Gasteiger partial charge in [-0.3, -0.25) is 10.1 Å². The van der Waals surface area contributed by atoms with Crippen LogP contribution in [0.1, 0.15) is 16.2 Å². The predicted molar refractivity (Wildman–Crippen MR) is 67.1 cm³/mol. The summed E-state index contributed by atoms with van der Waals surface area (Å²) in [5, 5.41) is 10.5. The smallest absolute Gasteiger partial charge is 0.405 e. The summed E-state index contributed by atoms with van der Waals surface area (Å²) in [4.78, 5) is 9.35. The second kappa shape index (κ2) is 5.48. The van der Waals surface area contributed by atoms with Crippen molar-refractivity contribution in [1.29, 1.82) is 0 Å². The molecule has 7 heteroatoms. The highest BCUT2D eigenvalue weighted by Crippen LogP contribution is 2.31. The standard InChI is InChI=1S/C12H8BrF2NO3/c13-8(10-4-5-11(19-10)16(17)18)6-7-2-1-3-9(14)12(7)15/h1-5,8H,6H2. The molecule has 0 fully saturated rings. The quantitative estimate of drug-likeness (QED) is 0.480. The molecule has 19 heavy (non-hydrogen) atoms. The zero-order valence-electron chi connectivity index (χ0n) is 9.48. The van der Waals surface area contributed by atoms with Crippen molar-refractivity contribution in [3.05, 3.63) is 63.4 Å². The van der Waals surface area contributed by atoms with E-state index >= 15 is 0 Å². The first-order valence-corrected chi connectivity index (χ1v) is 6.21. The minimum atomic E-state index is -0.928. The van der Waals surface area contributed by atoms with Crippen LogP contribution in [0, 0.1) is 21.7 Å². The third kappa shape index (κ3) is 2.98. The van der Waals surface area contributed by atoms with Crippen molar-refractivity contribution < 1.29 is 18.1 Å². The molecule has 100 valence electrons. The lowest BCUT2D eigenvalue weighted by molar-refractivity contribution is -0.402. The third-order valence-corrected chi connectivity index (χ3v) is 3.31. The van der Waals surface area contributed by atoms with Crippen molar-refractivity contribution in [1.82, 2.24) is 0 Å². The summed E-state index contributed by atoms with van der Waals surface area (Å²) in [6.45, 7) is 0. The van der Waals surface area contributed by atoms with Crippen LogP contribution in [0.4, 0.5) is 14.7 Å². The Labute approximate surface area is 115 Å². The third-order valence-electron chi connectivity index (χ3n) is 2.53. The lowest BCUT2D eigenvalue weighted by Crippen LogP contribution is -1.99. The van der Waals surface area contributed by atoms with Crippen molar-refractivity contribution in [3.63, 3.8) is 0 Å². The second-order valence-electron chi connectivity index (χ2n) is 3.82. The van der Waals surface area contributed by atoms with Gasteiger partial charge in [-0.1, -0.05) is 28.1 Å². The average Bonchev–Trinajstić information content (AvgIpc) is 2.84. The molecule has 0 aliphatic rings. The van der Waals surface area contributed by atoms with Gasteiger partial charge in [0.25, 0.3) is 0 Å². The molecular weight excluding hydrogens is 324 g/mol. The molecule has 0 N–H and O–H groups in total. The molecule has 0 amide bonds.